The summed E-state index contributed by atoms with van der Waals surface area (Å²) in [5.41, 5.74) is 2.43. The zero-order valence-electron chi connectivity index (χ0n) is 20.1. The van der Waals surface area contributed by atoms with Crippen LogP contribution in [-0.4, -0.2) is 35.2 Å². The maximum Gasteiger partial charge on any atom is 0.192 e. The Morgan fingerprint density at radius 1 is 1.03 bits per heavy atom. The van der Waals surface area contributed by atoms with Gasteiger partial charge in [0.2, 0.25) is 0 Å². The predicted molar refractivity (Wildman–Crippen MR) is 128 cm³/mol. The monoisotopic (exact) mass is 434 g/mol. The standard InChI is InChI=1S/C25H42O4Si/c1-8-30(9-2,10-3)29-25(22(5)17-19-26-6)21(4)12-11-18-28-20-23-13-15-24(27-7)16-14-23/h12-17,19,22,25H,8-11,18,20H2,1-7H3/b19-17+,21-12+/t22-,25+/m1/s1. The van der Waals surface area contributed by atoms with E-state index >= 15 is 0 Å². The van der Waals surface area contributed by atoms with Gasteiger partial charge in [0.25, 0.3) is 0 Å². The van der Waals surface area contributed by atoms with Gasteiger partial charge >= 0.3 is 0 Å². The third kappa shape index (κ3) is 8.66. The first-order chi connectivity index (χ1) is 14.4. The lowest BCUT2D eigenvalue weighted by Crippen LogP contribution is -2.42. The molecule has 0 unspecified atom stereocenters. The zero-order valence-corrected chi connectivity index (χ0v) is 21.1. The van der Waals surface area contributed by atoms with Crippen LogP contribution < -0.4 is 4.74 Å². The maximum absolute atomic E-state index is 6.87. The highest BCUT2D eigenvalue weighted by molar-refractivity contribution is 6.73. The van der Waals surface area contributed by atoms with Crippen molar-refractivity contribution < 1.29 is 18.6 Å². The first-order valence-corrected chi connectivity index (χ1v) is 13.7. The molecule has 1 aromatic rings. The molecule has 0 aromatic heterocycles. The van der Waals surface area contributed by atoms with E-state index in [1.165, 1.54) is 5.57 Å². The zero-order chi connectivity index (χ0) is 22.4. The average Bonchev–Trinajstić information content (AvgIpc) is 2.78. The molecule has 2 atom stereocenters. The van der Waals surface area contributed by atoms with Crippen molar-refractivity contribution in [3.63, 3.8) is 0 Å². The van der Waals surface area contributed by atoms with Crippen molar-refractivity contribution >= 4 is 8.32 Å². The quantitative estimate of drug-likeness (QED) is 0.133. The Bertz CT molecular complexity index is 627. The normalized spacial score (nSPS) is 14.7. The number of hydrogen-bond donors (Lipinski definition) is 0. The van der Waals surface area contributed by atoms with Crippen molar-refractivity contribution in [2.24, 2.45) is 5.92 Å². The summed E-state index contributed by atoms with van der Waals surface area (Å²) in [7, 11) is 1.65. The smallest absolute Gasteiger partial charge is 0.192 e. The molecule has 170 valence electrons. The summed E-state index contributed by atoms with van der Waals surface area (Å²) in [6.07, 6.45) is 7.10. The third-order valence-corrected chi connectivity index (χ3v) is 10.5. The van der Waals surface area contributed by atoms with Crippen LogP contribution in [-0.2, 0) is 20.5 Å². The Labute approximate surface area is 185 Å². The Balaban J connectivity index is 2.70. The van der Waals surface area contributed by atoms with Crippen LogP contribution in [0, 0.1) is 5.92 Å². The minimum atomic E-state index is -1.71. The Kier molecular flexibility index (Phi) is 12.7. The van der Waals surface area contributed by atoms with Gasteiger partial charge < -0.3 is 18.6 Å². The molecule has 0 aliphatic carbocycles. The van der Waals surface area contributed by atoms with E-state index in [0.717, 1.165) is 35.9 Å². The van der Waals surface area contributed by atoms with Gasteiger partial charge in [0, 0.05) is 5.92 Å². The summed E-state index contributed by atoms with van der Waals surface area (Å²) in [5.74, 6) is 1.13. The van der Waals surface area contributed by atoms with Crippen LogP contribution in [0.15, 0.2) is 48.3 Å². The fraction of sp³-hybridized carbons (Fsp3) is 0.600. The fourth-order valence-electron chi connectivity index (χ4n) is 3.59. The summed E-state index contributed by atoms with van der Waals surface area (Å²) in [5, 5.41) is 0. The molecular weight excluding hydrogens is 392 g/mol. The van der Waals surface area contributed by atoms with Crippen LogP contribution in [0.1, 0.15) is 46.6 Å². The van der Waals surface area contributed by atoms with Gasteiger partial charge in [-0.3, -0.25) is 0 Å². The van der Waals surface area contributed by atoms with E-state index in [1.54, 1.807) is 20.5 Å². The van der Waals surface area contributed by atoms with E-state index in [-0.39, 0.29) is 12.0 Å². The molecule has 0 aliphatic rings. The first-order valence-electron chi connectivity index (χ1n) is 11.2. The minimum absolute atomic E-state index is 0.0875. The topological polar surface area (TPSA) is 36.9 Å². The van der Waals surface area contributed by atoms with Gasteiger partial charge in [-0.25, -0.2) is 0 Å². The fourth-order valence-corrected chi connectivity index (χ4v) is 6.52. The number of ether oxygens (including phenoxy) is 3. The minimum Gasteiger partial charge on any atom is -0.505 e. The molecule has 1 aromatic carbocycles. The van der Waals surface area contributed by atoms with Gasteiger partial charge in [0.15, 0.2) is 8.32 Å². The second-order valence-corrected chi connectivity index (χ2v) is 12.6. The lowest BCUT2D eigenvalue weighted by atomic mass is 9.98. The van der Waals surface area contributed by atoms with Crippen molar-refractivity contribution in [1.29, 1.82) is 0 Å². The van der Waals surface area contributed by atoms with E-state index < -0.39 is 8.32 Å². The molecule has 0 bridgehead atoms. The van der Waals surface area contributed by atoms with Crippen LogP contribution in [0.5, 0.6) is 5.75 Å². The molecule has 1 rings (SSSR count). The molecular formula is C25H42O4Si. The van der Waals surface area contributed by atoms with Crippen LogP contribution >= 0.6 is 0 Å². The van der Waals surface area contributed by atoms with Crippen molar-refractivity contribution in [2.75, 3.05) is 20.8 Å². The summed E-state index contributed by atoms with van der Waals surface area (Å²) in [6, 6.07) is 11.5. The summed E-state index contributed by atoms with van der Waals surface area (Å²) >= 11 is 0. The number of rotatable bonds is 15. The Morgan fingerprint density at radius 3 is 2.20 bits per heavy atom. The average molecular weight is 435 g/mol. The lowest BCUT2D eigenvalue weighted by molar-refractivity contribution is 0.124. The molecule has 0 saturated carbocycles. The van der Waals surface area contributed by atoms with Gasteiger partial charge in [-0.2, -0.15) is 0 Å². The van der Waals surface area contributed by atoms with E-state index in [9.17, 15) is 0 Å². The van der Waals surface area contributed by atoms with Gasteiger partial charge in [-0.1, -0.05) is 45.9 Å². The second kappa shape index (κ2) is 14.4. The molecule has 30 heavy (non-hydrogen) atoms. The van der Waals surface area contributed by atoms with Crippen LogP contribution in [0.3, 0.4) is 0 Å². The number of benzene rings is 1. The van der Waals surface area contributed by atoms with Gasteiger partial charge in [0.05, 0.1) is 39.8 Å². The maximum atomic E-state index is 6.87. The number of methoxy groups -OCH3 is 2. The lowest BCUT2D eigenvalue weighted by Gasteiger charge is -2.36. The SMILES string of the molecule is CC[Si](CC)(CC)O[C@@H](/C(C)=C/CCOCc1ccc(OC)cc1)[C@H](C)/C=C/OC. The molecule has 0 aliphatic heterocycles. The van der Waals surface area contributed by atoms with E-state index in [0.29, 0.717) is 13.2 Å². The largest absolute Gasteiger partial charge is 0.505 e. The van der Waals surface area contributed by atoms with E-state index in [4.69, 9.17) is 18.6 Å². The second-order valence-electron chi connectivity index (χ2n) is 7.84. The molecule has 0 saturated heterocycles. The highest BCUT2D eigenvalue weighted by Gasteiger charge is 2.34. The van der Waals surface area contributed by atoms with Gasteiger partial charge in [-0.05, 0) is 60.8 Å². The highest BCUT2D eigenvalue weighted by atomic mass is 28.4. The summed E-state index contributed by atoms with van der Waals surface area (Å²) in [6.45, 7) is 12.5. The Hall–Kier alpha value is -1.56. The molecule has 5 heteroatoms. The van der Waals surface area contributed by atoms with Gasteiger partial charge in [-0.15, -0.1) is 0 Å². The summed E-state index contributed by atoms with van der Waals surface area (Å²) in [4.78, 5) is 0. The predicted octanol–water partition coefficient (Wildman–Crippen LogP) is 6.73. The van der Waals surface area contributed by atoms with Gasteiger partial charge in [0.1, 0.15) is 5.75 Å². The molecule has 4 nitrogen and oxygen atoms in total. The molecule has 0 spiro atoms. The molecule has 0 radical (unpaired) electrons. The first kappa shape index (κ1) is 26.5. The van der Waals surface area contributed by atoms with Crippen molar-refractivity contribution in [2.45, 2.75) is 71.9 Å². The molecule has 0 amide bonds. The highest BCUT2D eigenvalue weighted by Crippen LogP contribution is 2.29. The van der Waals surface area contributed by atoms with Crippen LogP contribution in [0.4, 0.5) is 0 Å². The van der Waals surface area contributed by atoms with E-state index in [2.05, 4.69) is 46.8 Å². The Morgan fingerprint density at radius 2 is 1.67 bits per heavy atom. The van der Waals surface area contributed by atoms with Crippen molar-refractivity contribution in [1.82, 2.24) is 0 Å². The van der Waals surface area contributed by atoms with Crippen molar-refractivity contribution in [3.05, 3.63) is 53.8 Å². The van der Waals surface area contributed by atoms with Crippen molar-refractivity contribution in [3.8, 4) is 5.75 Å². The molecule has 0 N–H and O–H groups in total. The van der Waals surface area contributed by atoms with Crippen LogP contribution in [0.2, 0.25) is 18.1 Å². The van der Waals surface area contributed by atoms with E-state index in [1.807, 2.05) is 24.3 Å². The number of hydrogen-bond acceptors (Lipinski definition) is 4. The third-order valence-electron chi connectivity index (χ3n) is 5.91. The van der Waals surface area contributed by atoms with Crippen LogP contribution in [0.25, 0.3) is 0 Å². The molecule has 0 heterocycles. The molecule has 0 fully saturated rings. The summed E-state index contributed by atoms with van der Waals surface area (Å²) < 4.78 is 23.1.